The summed E-state index contributed by atoms with van der Waals surface area (Å²) in [5.41, 5.74) is 2.18. The average Bonchev–Trinajstić information content (AvgIpc) is 2.88. The van der Waals surface area contributed by atoms with E-state index < -0.39 is 16.1 Å². The van der Waals surface area contributed by atoms with E-state index in [-0.39, 0.29) is 11.9 Å². The number of hydrogen-bond donors (Lipinski definition) is 1. The molecule has 1 aliphatic heterocycles. The summed E-state index contributed by atoms with van der Waals surface area (Å²) >= 11 is 0. The number of benzene rings is 1. The summed E-state index contributed by atoms with van der Waals surface area (Å²) in [5, 5.41) is 2.91. The highest BCUT2D eigenvalue weighted by atomic mass is 32.2. The van der Waals surface area contributed by atoms with Gasteiger partial charge in [-0.1, -0.05) is 29.8 Å². The van der Waals surface area contributed by atoms with Crippen LogP contribution in [0.5, 0.6) is 0 Å². The van der Waals surface area contributed by atoms with Crippen molar-refractivity contribution in [1.82, 2.24) is 9.62 Å². The van der Waals surface area contributed by atoms with E-state index in [0.717, 1.165) is 23.8 Å². The SMILES string of the molecule is Cc1ccc([C@H](C)NC(=O)[C@H]2CCCN2S(C)(=O)=O)cc1. The second kappa shape index (κ2) is 6.15. The molecule has 5 nitrogen and oxygen atoms in total. The molecule has 1 aromatic carbocycles. The van der Waals surface area contributed by atoms with Gasteiger partial charge in [-0.05, 0) is 32.3 Å². The summed E-state index contributed by atoms with van der Waals surface area (Å²) in [4.78, 5) is 12.3. The molecule has 0 radical (unpaired) electrons. The van der Waals surface area contributed by atoms with Gasteiger partial charge in [-0.2, -0.15) is 4.31 Å². The second-order valence-electron chi connectivity index (χ2n) is 5.67. The molecular weight excluding hydrogens is 288 g/mol. The predicted molar refractivity (Wildman–Crippen MR) is 82.3 cm³/mol. The molecule has 0 bridgehead atoms. The molecule has 1 N–H and O–H groups in total. The van der Waals surface area contributed by atoms with Gasteiger partial charge in [0.1, 0.15) is 6.04 Å². The second-order valence-corrected chi connectivity index (χ2v) is 7.61. The van der Waals surface area contributed by atoms with Crippen LogP contribution in [0.1, 0.15) is 36.9 Å². The lowest BCUT2D eigenvalue weighted by Crippen LogP contribution is -2.46. The van der Waals surface area contributed by atoms with E-state index >= 15 is 0 Å². The third-order valence-corrected chi connectivity index (χ3v) is 5.16. The lowest BCUT2D eigenvalue weighted by molar-refractivity contribution is -0.124. The van der Waals surface area contributed by atoms with Gasteiger partial charge in [-0.3, -0.25) is 4.79 Å². The number of amides is 1. The number of nitrogens with zero attached hydrogens (tertiary/aromatic N) is 1. The quantitative estimate of drug-likeness (QED) is 0.918. The maximum atomic E-state index is 12.3. The lowest BCUT2D eigenvalue weighted by Gasteiger charge is -2.23. The fourth-order valence-corrected chi connectivity index (χ4v) is 3.77. The summed E-state index contributed by atoms with van der Waals surface area (Å²) in [7, 11) is -3.33. The Bertz CT molecular complexity index is 610. The highest BCUT2D eigenvalue weighted by Crippen LogP contribution is 2.22. The van der Waals surface area contributed by atoms with Gasteiger partial charge in [-0.15, -0.1) is 0 Å². The zero-order chi connectivity index (χ0) is 15.6. The van der Waals surface area contributed by atoms with E-state index in [0.29, 0.717) is 13.0 Å². The molecule has 0 aliphatic carbocycles. The van der Waals surface area contributed by atoms with Crippen LogP contribution in [0.4, 0.5) is 0 Å². The number of nitrogens with one attached hydrogen (secondary N) is 1. The van der Waals surface area contributed by atoms with Crippen molar-refractivity contribution in [1.29, 1.82) is 0 Å². The maximum Gasteiger partial charge on any atom is 0.238 e. The summed E-state index contributed by atoms with van der Waals surface area (Å²) in [6.45, 7) is 4.34. The van der Waals surface area contributed by atoms with Crippen LogP contribution in [-0.2, 0) is 14.8 Å². The van der Waals surface area contributed by atoms with Crippen LogP contribution in [0.3, 0.4) is 0 Å². The van der Waals surface area contributed by atoms with Crippen LogP contribution < -0.4 is 5.32 Å². The van der Waals surface area contributed by atoms with Crippen LogP contribution in [0.2, 0.25) is 0 Å². The van der Waals surface area contributed by atoms with Crippen LogP contribution in [0.15, 0.2) is 24.3 Å². The predicted octanol–water partition coefficient (Wildman–Crippen LogP) is 1.60. The summed E-state index contributed by atoms with van der Waals surface area (Å²) in [5.74, 6) is -0.217. The first kappa shape index (κ1) is 16.0. The largest absolute Gasteiger partial charge is 0.348 e. The van der Waals surface area contributed by atoms with Crippen molar-refractivity contribution >= 4 is 15.9 Å². The Labute approximate surface area is 126 Å². The first-order valence-corrected chi connectivity index (χ1v) is 8.97. The number of sulfonamides is 1. The van der Waals surface area contributed by atoms with Crippen molar-refractivity contribution < 1.29 is 13.2 Å². The van der Waals surface area contributed by atoms with E-state index in [1.807, 2.05) is 38.1 Å². The van der Waals surface area contributed by atoms with Crippen LogP contribution >= 0.6 is 0 Å². The van der Waals surface area contributed by atoms with Gasteiger partial charge >= 0.3 is 0 Å². The van der Waals surface area contributed by atoms with E-state index in [4.69, 9.17) is 0 Å². The monoisotopic (exact) mass is 310 g/mol. The third-order valence-electron chi connectivity index (χ3n) is 3.87. The van der Waals surface area contributed by atoms with Crippen molar-refractivity contribution in [2.75, 3.05) is 12.8 Å². The molecule has 116 valence electrons. The van der Waals surface area contributed by atoms with Gasteiger partial charge in [0.15, 0.2) is 0 Å². The molecule has 1 fully saturated rings. The Hall–Kier alpha value is -1.40. The zero-order valence-corrected chi connectivity index (χ0v) is 13.5. The fraction of sp³-hybridized carbons (Fsp3) is 0.533. The van der Waals surface area contributed by atoms with E-state index in [1.165, 1.54) is 4.31 Å². The molecule has 0 saturated carbocycles. The van der Waals surface area contributed by atoms with Gasteiger partial charge in [0, 0.05) is 6.54 Å². The normalized spacial score (nSPS) is 21.2. The number of carbonyl (C=O) groups excluding carboxylic acids is 1. The van der Waals surface area contributed by atoms with E-state index in [9.17, 15) is 13.2 Å². The highest BCUT2D eigenvalue weighted by molar-refractivity contribution is 7.88. The molecule has 6 heteroatoms. The molecule has 2 rings (SSSR count). The molecule has 1 amide bonds. The Morgan fingerprint density at radius 1 is 1.33 bits per heavy atom. The Morgan fingerprint density at radius 3 is 2.52 bits per heavy atom. The van der Waals surface area contributed by atoms with Crippen LogP contribution in [0.25, 0.3) is 0 Å². The highest BCUT2D eigenvalue weighted by Gasteiger charge is 2.36. The van der Waals surface area contributed by atoms with Gasteiger partial charge in [0.2, 0.25) is 15.9 Å². The molecule has 2 atom stereocenters. The number of rotatable bonds is 4. The Morgan fingerprint density at radius 2 is 1.95 bits per heavy atom. The summed E-state index contributed by atoms with van der Waals surface area (Å²) < 4.78 is 24.7. The number of aryl methyl sites for hydroxylation is 1. The number of hydrogen-bond acceptors (Lipinski definition) is 3. The fourth-order valence-electron chi connectivity index (χ4n) is 2.65. The molecule has 1 aliphatic rings. The van der Waals surface area contributed by atoms with E-state index in [2.05, 4.69) is 5.32 Å². The minimum absolute atomic E-state index is 0.139. The Balaban J connectivity index is 2.05. The molecule has 0 aromatic heterocycles. The lowest BCUT2D eigenvalue weighted by atomic mass is 10.1. The minimum atomic E-state index is -3.33. The third kappa shape index (κ3) is 3.83. The molecule has 21 heavy (non-hydrogen) atoms. The molecular formula is C15H22N2O3S. The van der Waals surface area contributed by atoms with Crippen molar-refractivity contribution in [3.05, 3.63) is 35.4 Å². The molecule has 0 unspecified atom stereocenters. The van der Waals surface area contributed by atoms with E-state index in [1.54, 1.807) is 0 Å². The molecule has 1 heterocycles. The summed E-state index contributed by atoms with van der Waals surface area (Å²) in [6, 6.07) is 7.23. The van der Waals surface area contributed by atoms with Crippen LogP contribution in [0, 0.1) is 6.92 Å². The maximum absolute atomic E-state index is 12.3. The topological polar surface area (TPSA) is 66.5 Å². The molecule has 0 spiro atoms. The first-order valence-electron chi connectivity index (χ1n) is 7.13. The van der Waals surface area contributed by atoms with Gasteiger partial charge in [-0.25, -0.2) is 8.42 Å². The zero-order valence-electron chi connectivity index (χ0n) is 12.7. The standard InChI is InChI=1S/C15H22N2O3S/c1-11-6-8-13(9-7-11)12(2)16-15(18)14-5-4-10-17(14)21(3,19)20/h6-9,12,14H,4-5,10H2,1-3H3,(H,16,18)/t12-,14+/m0/s1. The van der Waals surface area contributed by atoms with Crippen molar-refractivity contribution in [3.63, 3.8) is 0 Å². The number of carbonyl (C=O) groups is 1. The summed E-state index contributed by atoms with van der Waals surface area (Å²) in [6.07, 6.45) is 2.46. The molecule has 1 saturated heterocycles. The average molecular weight is 310 g/mol. The van der Waals surface area contributed by atoms with Gasteiger partial charge in [0.05, 0.1) is 12.3 Å². The van der Waals surface area contributed by atoms with Gasteiger partial charge in [0.25, 0.3) is 0 Å². The smallest absolute Gasteiger partial charge is 0.238 e. The van der Waals surface area contributed by atoms with Crippen molar-refractivity contribution in [2.45, 2.75) is 38.8 Å². The van der Waals surface area contributed by atoms with Crippen molar-refractivity contribution in [3.8, 4) is 0 Å². The minimum Gasteiger partial charge on any atom is -0.348 e. The van der Waals surface area contributed by atoms with Gasteiger partial charge < -0.3 is 5.32 Å². The van der Waals surface area contributed by atoms with Crippen molar-refractivity contribution in [2.24, 2.45) is 0 Å². The molecule has 1 aromatic rings. The first-order chi connectivity index (χ1) is 9.79. The van der Waals surface area contributed by atoms with Crippen LogP contribution in [-0.4, -0.2) is 37.5 Å². The Kier molecular flexibility index (Phi) is 4.68.